The van der Waals surface area contributed by atoms with Crippen molar-refractivity contribution in [1.82, 2.24) is 4.98 Å². The Kier molecular flexibility index (Phi) is 5.52. The SMILES string of the molecule is Cc1ccc(-c2csc(-c3cccc(N4C(N)=NC(N)=NC45CCCCC5)c3)n2)cc1[N+](=O)[O-]. The Morgan fingerprint density at radius 3 is 2.65 bits per heavy atom. The summed E-state index contributed by atoms with van der Waals surface area (Å²) < 4.78 is 0. The van der Waals surface area contributed by atoms with E-state index in [2.05, 4.69) is 4.99 Å². The van der Waals surface area contributed by atoms with Crippen LogP contribution in [0.5, 0.6) is 0 Å². The van der Waals surface area contributed by atoms with Crippen LogP contribution < -0.4 is 16.4 Å². The zero-order chi connectivity index (χ0) is 23.9. The van der Waals surface area contributed by atoms with Crippen LogP contribution in [-0.4, -0.2) is 27.5 Å². The molecule has 0 saturated heterocycles. The molecule has 2 aromatic carbocycles. The second-order valence-electron chi connectivity index (χ2n) is 8.67. The number of benzene rings is 2. The summed E-state index contributed by atoms with van der Waals surface area (Å²) >= 11 is 1.49. The van der Waals surface area contributed by atoms with Gasteiger partial charge >= 0.3 is 0 Å². The molecule has 0 radical (unpaired) electrons. The van der Waals surface area contributed by atoms with Gasteiger partial charge in [0.1, 0.15) is 10.7 Å². The number of nitro benzene ring substituents is 1. The Morgan fingerprint density at radius 1 is 1.09 bits per heavy atom. The van der Waals surface area contributed by atoms with Crippen molar-refractivity contribution in [3.8, 4) is 21.8 Å². The smallest absolute Gasteiger partial charge is 0.272 e. The van der Waals surface area contributed by atoms with Crippen LogP contribution in [0.3, 0.4) is 0 Å². The largest absolute Gasteiger partial charge is 0.369 e. The fourth-order valence-electron chi connectivity index (χ4n) is 4.78. The van der Waals surface area contributed by atoms with Crippen LogP contribution in [0, 0.1) is 17.0 Å². The molecule has 1 aromatic heterocycles. The third-order valence-corrected chi connectivity index (χ3v) is 7.30. The summed E-state index contributed by atoms with van der Waals surface area (Å²) in [6.07, 6.45) is 5.00. The molecule has 9 nitrogen and oxygen atoms in total. The fraction of sp³-hybridized carbons (Fsp3) is 0.292. The normalized spacial score (nSPS) is 17.4. The molecule has 2 aliphatic rings. The number of guanidine groups is 2. The number of rotatable bonds is 4. The van der Waals surface area contributed by atoms with Gasteiger partial charge in [-0.3, -0.25) is 15.0 Å². The summed E-state index contributed by atoms with van der Waals surface area (Å²) in [5, 5.41) is 14.1. The molecule has 1 spiro atoms. The lowest BCUT2D eigenvalue weighted by Crippen LogP contribution is -2.58. The maximum absolute atomic E-state index is 11.3. The average Bonchev–Trinajstić information content (AvgIpc) is 3.30. The quantitative estimate of drug-likeness (QED) is 0.411. The zero-order valence-corrected chi connectivity index (χ0v) is 19.6. The van der Waals surface area contributed by atoms with Crippen LogP contribution in [0.2, 0.25) is 0 Å². The van der Waals surface area contributed by atoms with Gasteiger partial charge in [-0.25, -0.2) is 9.98 Å². The minimum atomic E-state index is -0.512. The number of nitro groups is 1. The van der Waals surface area contributed by atoms with E-state index < -0.39 is 5.66 Å². The minimum absolute atomic E-state index is 0.0894. The van der Waals surface area contributed by atoms with Gasteiger partial charge in [-0.05, 0) is 44.7 Å². The number of aryl methyl sites for hydroxylation is 1. The third-order valence-electron chi connectivity index (χ3n) is 6.41. The lowest BCUT2D eigenvalue weighted by atomic mass is 9.87. The van der Waals surface area contributed by atoms with E-state index in [1.165, 1.54) is 17.8 Å². The van der Waals surface area contributed by atoms with Crippen LogP contribution in [0.1, 0.15) is 37.7 Å². The average molecular weight is 476 g/mol. The molecule has 1 aliphatic heterocycles. The molecule has 0 unspecified atom stereocenters. The minimum Gasteiger partial charge on any atom is -0.369 e. The van der Waals surface area contributed by atoms with Crippen LogP contribution >= 0.6 is 11.3 Å². The van der Waals surface area contributed by atoms with Crippen LogP contribution in [0.15, 0.2) is 57.8 Å². The Labute approximate surface area is 201 Å². The number of hydrogen-bond donors (Lipinski definition) is 2. The third kappa shape index (κ3) is 3.90. The van der Waals surface area contributed by atoms with Gasteiger partial charge < -0.3 is 11.5 Å². The number of aliphatic imine (C=N–C) groups is 2. The molecule has 4 N–H and O–H groups in total. The molecular weight excluding hydrogens is 450 g/mol. The van der Waals surface area contributed by atoms with E-state index in [1.54, 1.807) is 19.1 Å². The van der Waals surface area contributed by atoms with Gasteiger partial charge in [-0.1, -0.05) is 30.7 Å². The van der Waals surface area contributed by atoms with Gasteiger partial charge in [-0.2, -0.15) is 4.99 Å². The van der Waals surface area contributed by atoms with Gasteiger partial charge in [0.05, 0.1) is 10.6 Å². The predicted octanol–water partition coefficient (Wildman–Crippen LogP) is 4.80. The first-order valence-electron chi connectivity index (χ1n) is 11.2. The number of nitrogens with zero attached hydrogens (tertiary/aromatic N) is 5. The first kappa shape index (κ1) is 22.0. The van der Waals surface area contributed by atoms with Crippen molar-refractivity contribution in [3.05, 3.63) is 63.5 Å². The van der Waals surface area contributed by atoms with E-state index in [0.29, 0.717) is 22.8 Å². The van der Waals surface area contributed by atoms with Gasteiger partial charge in [0, 0.05) is 33.8 Å². The summed E-state index contributed by atoms with van der Waals surface area (Å²) in [6.45, 7) is 1.73. The molecule has 0 amide bonds. The molecule has 1 saturated carbocycles. The monoisotopic (exact) mass is 475 g/mol. The topological polar surface area (TPSA) is 136 Å². The van der Waals surface area contributed by atoms with Gasteiger partial charge in [-0.15, -0.1) is 11.3 Å². The number of hydrogen-bond acceptors (Lipinski definition) is 9. The molecule has 1 aliphatic carbocycles. The first-order chi connectivity index (χ1) is 16.4. The highest BCUT2D eigenvalue weighted by Crippen LogP contribution is 2.41. The molecule has 34 heavy (non-hydrogen) atoms. The van der Waals surface area contributed by atoms with Crippen LogP contribution in [-0.2, 0) is 0 Å². The van der Waals surface area contributed by atoms with Crippen molar-refractivity contribution < 1.29 is 4.92 Å². The lowest BCUT2D eigenvalue weighted by molar-refractivity contribution is -0.385. The highest BCUT2D eigenvalue weighted by molar-refractivity contribution is 7.13. The maximum atomic E-state index is 11.3. The van der Waals surface area contributed by atoms with Crippen molar-refractivity contribution in [2.24, 2.45) is 21.5 Å². The molecule has 2 heterocycles. The fourth-order valence-corrected chi connectivity index (χ4v) is 5.60. The lowest BCUT2D eigenvalue weighted by Gasteiger charge is -2.45. The summed E-state index contributed by atoms with van der Waals surface area (Å²) in [7, 11) is 0. The molecule has 1 fully saturated rings. The van der Waals surface area contributed by atoms with Crippen molar-refractivity contribution in [1.29, 1.82) is 0 Å². The van der Waals surface area contributed by atoms with Gasteiger partial charge in [0.25, 0.3) is 5.69 Å². The summed E-state index contributed by atoms with van der Waals surface area (Å²) in [6, 6.07) is 13.2. The molecular formula is C24H25N7O2S. The molecule has 174 valence electrons. The van der Waals surface area contributed by atoms with Crippen molar-refractivity contribution >= 4 is 34.6 Å². The molecule has 0 bridgehead atoms. The van der Waals surface area contributed by atoms with Crippen LogP contribution in [0.4, 0.5) is 11.4 Å². The van der Waals surface area contributed by atoms with E-state index >= 15 is 0 Å². The number of thiazole rings is 1. The number of anilines is 1. The highest BCUT2D eigenvalue weighted by Gasteiger charge is 2.42. The second kappa shape index (κ2) is 8.53. The standard InChI is InChI=1S/C24H25N7O2S/c1-15-8-9-16(13-20(15)31(32)33)19-14-34-21(27-19)17-6-5-7-18(12-17)30-23(26)28-22(25)29-24(30)10-3-2-4-11-24/h5-9,12-14H,2-4,10-11H2,1H3,(H4,25,26,28,29). The number of aromatic nitrogens is 1. The Hall–Kier alpha value is -3.79. The van der Waals surface area contributed by atoms with Crippen molar-refractivity contribution in [3.63, 3.8) is 0 Å². The predicted molar refractivity (Wildman–Crippen MR) is 136 cm³/mol. The van der Waals surface area contributed by atoms with E-state index in [1.807, 2.05) is 40.6 Å². The van der Waals surface area contributed by atoms with Gasteiger partial charge in [0.15, 0.2) is 0 Å². The van der Waals surface area contributed by atoms with E-state index in [0.717, 1.165) is 41.9 Å². The Balaban J connectivity index is 1.50. The maximum Gasteiger partial charge on any atom is 0.272 e. The summed E-state index contributed by atoms with van der Waals surface area (Å²) in [5.74, 6) is 0.571. The molecule has 5 rings (SSSR count). The summed E-state index contributed by atoms with van der Waals surface area (Å²) in [5.41, 5.74) is 15.8. The Morgan fingerprint density at radius 2 is 1.88 bits per heavy atom. The first-order valence-corrected chi connectivity index (χ1v) is 12.1. The molecule has 10 heteroatoms. The highest BCUT2D eigenvalue weighted by atomic mass is 32.1. The summed E-state index contributed by atoms with van der Waals surface area (Å²) in [4.78, 5) is 26.7. The van der Waals surface area contributed by atoms with Crippen LogP contribution in [0.25, 0.3) is 21.8 Å². The second-order valence-corrected chi connectivity index (χ2v) is 9.52. The zero-order valence-electron chi connectivity index (χ0n) is 18.8. The number of nitrogens with two attached hydrogens (primary N) is 2. The molecule has 3 aromatic rings. The Bertz CT molecular complexity index is 1320. The van der Waals surface area contributed by atoms with Crippen molar-refractivity contribution in [2.45, 2.75) is 44.7 Å². The molecule has 0 atom stereocenters. The van der Waals surface area contributed by atoms with Gasteiger partial charge in [0.2, 0.25) is 11.9 Å². The van der Waals surface area contributed by atoms with E-state index in [4.69, 9.17) is 21.4 Å². The van der Waals surface area contributed by atoms with E-state index in [9.17, 15) is 10.1 Å². The van der Waals surface area contributed by atoms with E-state index in [-0.39, 0.29) is 16.6 Å². The van der Waals surface area contributed by atoms with Crippen molar-refractivity contribution in [2.75, 3.05) is 4.90 Å².